The molecule has 0 saturated carbocycles. The van der Waals surface area contributed by atoms with Gasteiger partial charge in [0.1, 0.15) is 0 Å². The highest BCUT2D eigenvalue weighted by atomic mass is 35.5. The molecular formula is C16H15ClN2O2. The first-order valence-electron chi connectivity index (χ1n) is 6.61. The molecule has 0 radical (unpaired) electrons. The molecule has 0 aliphatic carbocycles. The quantitative estimate of drug-likeness (QED) is 0.916. The van der Waals surface area contributed by atoms with Gasteiger partial charge in [0, 0.05) is 10.7 Å². The molecule has 0 spiro atoms. The van der Waals surface area contributed by atoms with Crippen molar-refractivity contribution in [2.24, 2.45) is 5.73 Å². The van der Waals surface area contributed by atoms with Gasteiger partial charge in [-0.05, 0) is 29.3 Å². The number of anilines is 1. The molecule has 1 amide bonds. The van der Waals surface area contributed by atoms with Crippen LogP contribution in [0.1, 0.15) is 11.1 Å². The Hall–Kier alpha value is -2.04. The molecular weight excluding hydrogens is 288 g/mol. The van der Waals surface area contributed by atoms with Crippen LogP contribution < -0.4 is 11.1 Å². The summed E-state index contributed by atoms with van der Waals surface area (Å²) in [5.41, 5.74) is 7.13. The maximum Gasteiger partial charge on any atom is 0.250 e. The number of amides is 1. The molecule has 1 unspecified atom stereocenters. The van der Waals surface area contributed by atoms with Crippen molar-refractivity contribution in [3.63, 3.8) is 0 Å². The van der Waals surface area contributed by atoms with Gasteiger partial charge in [-0.1, -0.05) is 41.9 Å². The fourth-order valence-corrected chi connectivity index (χ4v) is 2.83. The third kappa shape index (κ3) is 2.48. The molecule has 1 atom stereocenters. The smallest absolute Gasteiger partial charge is 0.250 e. The highest BCUT2D eigenvalue weighted by molar-refractivity contribution is 6.30. The van der Waals surface area contributed by atoms with Gasteiger partial charge in [-0.15, -0.1) is 0 Å². The summed E-state index contributed by atoms with van der Waals surface area (Å²) in [6, 6.07) is 14.8. The minimum Gasteiger partial charge on any atom is -0.373 e. The number of carbonyl (C=O) groups excluding carboxylic acids is 1. The molecule has 108 valence electrons. The molecule has 0 fully saturated rings. The van der Waals surface area contributed by atoms with Gasteiger partial charge in [0.25, 0.3) is 0 Å². The van der Waals surface area contributed by atoms with Crippen molar-refractivity contribution >= 4 is 23.2 Å². The lowest BCUT2D eigenvalue weighted by Gasteiger charge is -2.37. The summed E-state index contributed by atoms with van der Waals surface area (Å²) < 4.78 is 5.58. The van der Waals surface area contributed by atoms with E-state index in [9.17, 15) is 4.79 Å². The normalized spacial score (nSPS) is 20.6. The second-order valence-corrected chi connectivity index (χ2v) is 5.49. The number of rotatable bonds is 3. The van der Waals surface area contributed by atoms with Crippen LogP contribution in [0.5, 0.6) is 0 Å². The number of primary amides is 1. The third-order valence-electron chi connectivity index (χ3n) is 3.66. The zero-order chi connectivity index (χ0) is 14.9. The van der Waals surface area contributed by atoms with E-state index in [1.54, 1.807) is 12.1 Å². The molecule has 21 heavy (non-hydrogen) atoms. The fourth-order valence-electron chi connectivity index (χ4n) is 2.64. The van der Waals surface area contributed by atoms with Crippen LogP contribution in [-0.2, 0) is 21.7 Å². The molecule has 4 nitrogen and oxygen atoms in total. The van der Waals surface area contributed by atoms with Crippen LogP contribution in [0.4, 0.5) is 5.69 Å². The van der Waals surface area contributed by atoms with Gasteiger partial charge in [-0.2, -0.15) is 0 Å². The minimum atomic E-state index is -1.08. The number of ether oxygens (including phenoxy) is 1. The Morgan fingerprint density at radius 2 is 2.05 bits per heavy atom. The van der Waals surface area contributed by atoms with E-state index < -0.39 is 11.4 Å². The highest BCUT2D eigenvalue weighted by Crippen LogP contribution is 2.34. The SMILES string of the molecule is NC(=O)C1(Nc2cccc(Cl)c2)COCc2ccccc21. The largest absolute Gasteiger partial charge is 0.373 e. The zero-order valence-corrected chi connectivity index (χ0v) is 12.1. The molecule has 1 aliphatic rings. The van der Waals surface area contributed by atoms with Gasteiger partial charge in [0.15, 0.2) is 5.54 Å². The zero-order valence-electron chi connectivity index (χ0n) is 11.3. The third-order valence-corrected chi connectivity index (χ3v) is 3.89. The summed E-state index contributed by atoms with van der Waals surface area (Å²) in [6.07, 6.45) is 0. The molecule has 3 N–H and O–H groups in total. The standard InChI is InChI=1S/C16H15ClN2O2/c17-12-5-3-6-13(8-12)19-16(15(18)20)10-21-9-11-4-1-2-7-14(11)16/h1-8,19H,9-10H2,(H2,18,20). The summed E-state index contributed by atoms with van der Waals surface area (Å²) in [4.78, 5) is 12.2. The molecule has 0 bridgehead atoms. The lowest BCUT2D eigenvalue weighted by atomic mass is 9.84. The Morgan fingerprint density at radius 3 is 2.81 bits per heavy atom. The predicted molar refractivity (Wildman–Crippen MR) is 82.0 cm³/mol. The van der Waals surface area contributed by atoms with Crippen LogP contribution in [0.3, 0.4) is 0 Å². The summed E-state index contributed by atoms with van der Waals surface area (Å²) in [5, 5.41) is 3.79. The lowest BCUT2D eigenvalue weighted by Crippen LogP contribution is -2.53. The van der Waals surface area contributed by atoms with E-state index in [1.165, 1.54) is 0 Å². The number of benzene rings is 2. The Bertz CT molecular complexity index is 689. The monoisotopic (exact) mass is 302 g/mol. The van der Waals surface area contributed by atoms with Crippen LogP contribution >= 0.6 is 11.6 Å². The summed E-state index contributed by atoms with van der Waals surface area (Å²) in [6.45, 7) is 0.661. The maximum absolute atomic E-state index is 12.2. The Labute approximate surface area is 127 Å². The van der Waals surface area contributed by atoms with E-state index in [0.29, 0.717) is 11.6 Å². The summed E-state index contributed by atoms with van der Waals surface area (Å²) in [7, 11) is 0. The van der Waals surface area contributed by atoms with Gasteiger partial charge in [0.05, 0.1) is 13.2 Å². The Morgan fingerprint density at radius 1 is 1.24 bits per heavy atom. The Kier molecular flexibility index (Phi) is 3.57. The summed E-state index contributed by atoms with van der Waals surface area (Å²) in [5.74, 6) is -0.477. The second kappa shape index (κ2) is 5.39. The maximum atomic E-state index is 12.2. The molecule has 2 aromatic rings. The molecule has 0 saturated heterocycles. The van der Waals surface area contributed by atoms with E-state index in [0.717, 1.165) is 16.8 Å². The van der Waals surface area contributed by atoms with Crippen molar-refractivity contribution in [2.45, 2.75) is 12.1 Å². The summed E-state index contributed by atoms with van der Waals surface area (Å²) >= 11 is 6.00. The van der Waals surface area contributed by atoms with E-state index >= 15 is 0 Å². The van der Waals surface area contributed by atoms with Crippen molar-refractivity contribution in [1.29, 1.82) is 0 Å². The first-order valence-corrected chi connectivity index (χ1v) is 6.99. The van der Waals surface area contributed by atoms with Crippen molar-refractivity contribution in [3.8, 4) is 0 Å². The first kappa shape index (κ1) is 13.9. The van der Waals surface area contributed by atoms with Crippen molar-refractivity contribution in [1.82, 2.24) is 0 Å². The molecule has 0 aromatic heterocycles. The first-order chi connectivity index (χ1) is 10.1. The Balaban J connectivity index is 2.08. The van der Waals surface area contributed by atoms with E-state index in [1.807, 2.05) is 36.4 Å². The minimum absolute atomic E-state index is 0.186. The number of fused-ring (bicyclic) bond motifs is 1. The van der Waals surface area contributed by atoms with Crippen LogP contribution in [0.25, 0.3) is 0 Å². The number of halogens is 1. The van der Waals surface area contributed by atoms with Gasteiger partial charge in [-0.25, -0.2) is 0 Å². The number of hydrogen-bond acceptors (Lipinski definition) is 3. The molecule has 2 aromatic carbocycles. The molecule has 3 rings (SSSR count). The van der Waals surface area contributed by atoms with Gasteiger partial charge in [-0.3, -0.25) is 4.79 Å². The fraction of sp³-hybridized carbons (Fsp3) is 0.188. The van der Waals surface area contributed by atoms with Crippen LogP contribution in [0, 0.1) is 0 Å². The average Bonchev–Trinajstić information content (AvgIpc) is 2.47. The second-order valence-electron chi connectivity index (χ2n) is 5.05. The van der Waals surface area contributed by atoms with Gasteiger partial charge in [0.2, 0.25) is 5.91 Å². The van der Waals surface area contributed by atoms with E-state index in [2.05, 4.69) is 5.32 Å². The number of carbonyl (C=O) groups is 1. The number of hydrogen-bond donors (Lipinski definition) is 2. The lowest BCUT2D eigenvalue weighted by molar-refractivity contribution is -0.125. The van der Waals surface area contributed by atoms with E-state index in [4.69, 9.17) is 22.1 Å². The van der Waals surface area contributed by atoms with Crippen LogP contribution in [-0.4, -0.2) is 12.5 Å². The van der Waals surface area contributed by atoms with Crippen molar-refractivity contribution < 1.29 is 9.53 Å². The van der Waals surface area contributed by atoms with Crippen molar-refractivity contribution in [2.75, 3.05) is 11.9 Å². The predicted octanol–water partition coefficient (Wildman–Crippen LogP) is 2.66. The van der Waals surface area contributed by atoms with Crippen LogP contribution in [0.15, 0.2) is 48.5 Å². The molecule has 1 aliphatic heterocycles. The topological polar surface area (TPSA) is 64.4 Å². The molecule has 5 heteroatoms. The average molecular weight is 303 g/mol. The van der Waals surface area contributed by atoms with Gasteiger partial charge >= 0.3 is 0 Å². The number of nitrogens with one attached hydrogen (secondary N) is 1. The number of nitrogens with two attached hydrogens (primary N) is 1. The van der Waals surface area contributed by atoms with Crippen molar-refractivity contribution in [3.05, 3.63) is 64.7 Å². The van der Waals surface area contributed by atoms with E-state index in [-0.39, 0.29) is 6.61 Å². The van der Waals surface area contributed by atoms with Crippen LogP contribution in [0.2, 0.25) is 5.02 Å². The van der Waals surface area contributed by atoms with Gasteiger partial charge < -0.3 is 15.8 Å². The highest BCUT2D eigenvalue weighted by Gasteiger charge is 2.43. The molecule has 1 heterocycles.